The third-order valence-corrected chi connectivity index (χ3v) is 5.78. The highest BCUT2D eigenvalue weighted by molar-refractivity contribution is 8.00. The fraction of sp³-hybridized carbons (Fsp3) is 0.364. The molecule has 28 heavy (non-hydrogen) atoms. The third-order valence-electron chi connectivity index (χ3n) is 4.67. The number of hydrogen-bond donors (Lipinski definition) is 1. The van der Waals surface area contributed by atoms with Gasteiger partial charge in [0.15, 0.2) is 0 Å². The van der Waals surface area contributed by atoms with Gasteiger partial charge in [0.1, 0.15) is 0 Å². The Balaban J connectivity index is 1.49. The highest BCUT2D eigenvalue weighted by Crippen LogP contribution is 2.23. The molecule has 1 fully saturated rings. The first-order valence-corrected chi connectivity index (χ1v) is 10.4. The van der Waals surface area contributed by atoms with Crippen molar-refractivity contribution >= 4 is 23.6 Å². The molecule has 5 nitrogen and oxygen atoms in total. The van der Waals surface area contributed by atoms with Crippen LogP contribution < -0.4 is 5.32 Å². The summed E-state index contributed by atoms with van der Waals surface area (Å²) in [7, 11) is 0. The zero-order valence-electron chi connectivity index (χ0n) is 16.3. The maximum atomic E-state index is 12.5. The van der Waals surface area contributed by atoms with Crippen molar-refractivity contribution in [3.05, 3.63) is 65.2 Å². The van der Waals surface area contributed by atoms with E-state index in [-0.39, 0.29) is 17.1 Å². The molecule has 2 aromatic rings. The average Bonchev–Trinajstić information content (AvgIpc) is 2.74. The van der Waals surface area contributed by atoms with Gasteiger partial charge in [0.05, 0.1) is 18.5 Å². The van der Waals surface area contributed by atoms with Crippen LogP contribution in [0.2, 0.25) is 0 Å². The van der Waals surface area contributed by atoms with E-state index in [1.807, 2.05) is 67.3 Å². The Labute approximate surface area is 170 Å². The summed E-state index contributed by atoms with van der Waals surface area (Å²) in [5.74, 6) is 0.0288. The summed E-state index contributed by atoms with van der Waals surface area (Å²) in [6.07, 6.45) is 0. The number of amides is 2. The molecule has 3 rings (SSSR count). The minimum absolute atomic E-state index is 0.000885. The molecule has 0 spiro atoms. The van der Waals surface area contributed by atoms with Crippen LogP contribution in [0.1, 0.15) is 28.4 Å². The third kappa shape index (κ3) is 5.59. The van der Waals surface area contributed by atoms with Gasteiger partial charge in [-0.3, -0.25) is 9.59 Å². The molecule has 6 heteroatoms. The van der Waals surface area contributed by atoms with Gasteiger partial charge in [0.25, 0.3) is 5.91 Å². The predicted octanol–water partition coefficient (Wildman–Crippen LogP) is 3.26. The van der Waals surface area contributed by atoms with E-state index in [1.165, 1.54) is 5.56 Å². The Morgan fingerprint density at radius 1 is 1.07 bits per heavy atom. The second kappa shape index (κ2) is 9.75. The van der Waals surface area contributed by atoms with Crippen LogP contribution in [0.5, 0.6) is 0 Å². The molecule has 0 radical (unpaired) electrons. The largest absolute Gasteiger partial charge is 0.378 e. The normalized spacial score (nSPS) is 15.1. The van der Waals surface area contributed by atoms with Crippen LogP contribution in [0.25, 0.3) is 0 Å². The Hall–Kier alpha value is -2.31. The summed E-state index contributed by atoms with van der Waals surface area (Å²) < 4.78 is 5.29. The molecule has 1 aliphatic rings. The maximum Gasteiger partial charge on any atom is 0.254 e. The van der Waals surface area contributed by atoms with E-state index < -0.39 is 0 Å². The van der Waals surface area contributed by atoms with Gasteiger partial charge in [0, 0.05) is 30.1 Å². The van der Waals surface area contributed by atoms with Crippen molar-refractivity contribution in [1.82, 2.24) is 10.2 Å². The predicted molar refractivity (Wildman–Crippen MR) is 112 cm³/mol. The molecule has 1 atom stereocenters. The van der Waals surface area contributed by atoms with E-state index in [1.54, 1.807) is 11.8 Å². The monoisotopic (exact) mass is 398 g/mol. The van der Waals surface area contributed by atoms with E-state index in [0.717, 1.165) is 10.5 Å². The summed E-state index contributed by atoms with van der Waals surface area (Å²) in [4.78, 5) is 27.7. The van der Waals surface area contributed by atoms with E-state index in [2.05, 4.69) is 5.32 Å². The number of thioether (sulfide) groups is 1. The molecule has 0 aliphatic carbocycles. The average molecular weight is 399 g/mol. The standard InChI is InChI=1S/C22H26N2O3S/c1-16-3-9-20(10-4-16)28-17(2)21(25)23-15-18-5-7-19(8-6-18)22(26)24-11-13-27-14-12-24/h3-10,17H,11-15H2,1-2H3,(H,23,25). The van der Waals surface area contributed by atoms with Gasteiger partial charge in [-0.1, -0.05) is 29.8 Å². The smallest absolute Gasteiger partial charge is 0.254 e. The van der Waals surface area contributed by atoms with Crippen molar-refractivity contribution in [3.63, 3.8) is 0 Å². The number of carbonyl (C=O) groups excluding carboxylic acids is 2. The summed E-state index contributed by atoms with van der Waals surface area (Å²) in [6, 6.07) is 15.6. The lowest BCUT2D eigenvalue weighted by Gasteiger charge is -2.26. The highest BCUT2D eigenvalue weighted by atomic mass is 32.2. The van der Waals surface area contributed by atoms with Gasteiger partial charge in [-0.2, -0.15) is 0 Å². The molecular weight excluding hydrogens is 372 g/mol. The summed E-state index contributed by atoms with van der Waals surface area (Å²) >= 11 is 1.55. The molecule has 2 aromatic carbocycles. The number of morpholine rings is 1. The highest BCUT2D eigenvalue weighted by Gasteiger charge is 2.18. The minimum atomic E-state index is -0.176. The quantitative estimate of drug-likeness (QED) is 0.759. The Kier molecular flexibility index (Phi) is 7.12. The maximum absolute atomic E-state index is 12.5. The Bertz CT molecular complexity index is 800. The number of aryl methyl sites for hydroxylation is 1. The molecule has 0 aromatic heterocycles. The van der Waals surface area contributed by atoms with E-state index in [9.17, 15) is 9.59 Å². The Morgan fingerprint density at radius 3 is 2.36 bits per heavy atom. The summed E-state index contributed by atoms with van der Waals surface area (Å²) in [5.41, 5.74) is 2.84. The molecule has 0 bridgehead atoms. The second-order valence-electron chi connectivity index (χ2n) is 6.89. The lowest BCUT2D eigenvalue weighted by Crippen LogP contribution is -2.40. The summed E-state index contributed by atoms with van der Waals surface area (Å²) in [5, 5.41) is 2.79. The van der Waals surface area contributed by atoms with Crippen LogP contribution >= 0.6 is 11.8 Å². The zero-order valence-corrected chi connectivity index (χ0v) is 17.1. The molecule has 1 saturated heterocycles. The number of hydrogen-bond acceptors (Lipinski definition) is 4. The Morgan fingerprint density at radius 2 is 1.71 bits per heavy atom. The van der Waals surface area contributed by atoms with Crippen LogP contribution in [-0.2, 0) is 16.1 Å². The first kappa shape index (κ1) is 20.4. The lowest BCUT2D eigenvalue weighted by atomic mass is 10.1. The second-order valence-corrected chi connectivity index (χ2v) is 8.31. The van der Waals surface area contributed by atoms with Crippen molar-refractivity contribution in [1.29, 1.82) is 0 Å². The number of nitrogens with zero attached hydrogens (tertiary/aromatic N) is 1. The fourth-order valence-corrected chi connectivity index (χ4v) is 3.81. The molecular formula is C22H26N2O3S. The molecule has 1 aliphatic heterocycles. The van der Waals surface area contributed by atoms with Gasteiger partial charge in [-0.15, -0.1) is 11.8 Å². The van der Waals surface area contributed by atoms with Crippen molar-refractivity contribution < 1.29 is 14.3 Å². The van der Waals surface area contributed by atoms with Gasteiger partial charge in [-0.25, -0.2) is 0 Å². The van der Waals surface area contributed by atoms with Gasteiger partial charge in [-0.05, 0) is 43.7 Å². The van der Waals surface area contributed by atoms with Crippen LogP contribution in [0.4, 0.5) is 0 Å². The first-order chi connectivity index (χ1) is 13.5. The van der Waals surface area contributed by atoms with Gasteiger partial charge >= 0.3 is 0 Å². The number of benzene rings is 2. The molecule has 148 valence electrons. The number of nitrogens with one attached hydrogen (secondary N) is 1. The van der Waals surface area contributed by atoms with Crippen molar-refractivity contribution in [2.75, 3.05) is 26.3 Å². The summed E-state index contributed by atoms with van der Waals surface area (Å²) in [6.45, 7) is 6.85. The molecule has 1 unspecified atom stereocenters. The van der Waals surface area contributed by atoms with Crippen molar-refractivity contribution in [3.8, 4) is 0 Å². The number of ether oxygens (including phenoxy) is 1. The number of carbonyl (C=O) groups is 2. The lowest BCUT2D eigenvalue weighted by molar-refractivity contribution is -0.120. The van der Waals surface area contributed by atoms with Gasteiger partial charge < -0.3 is 15.0 Å². The molecule has 2 amide bonds. The SMILES string of the molecule is Cc1ccc(SC(C)C(=O)NCc2ccc(C(=O)N3CCOCC3)cc2)cc1. The molecule has 1 N–H and O–H groups in total. The molecule has 1 heterocycles. The van der Waals surface area contributed by atoms with Crippen LogP contribution in [0, 0.1) is 6.92 Å². The van der Waals surface area contributed by atoms with Crippen molar-refractivity contribution in [2.45, 2.75) is 30.5 Å². The van der Waals surface area contributed by atoms with Crippen LogP contribution in [0.3, 0.4) is 0 Å². The van der Waals surface area contributed by atoms with Crippen LogP contribution in [-0.4, -0.2) is 48.3 Å². The van der Waals surface area contributed by atoms with E-state index in [4.69, 9.17) is 4.74 Å². The topological polar surface area (TPSA) is 58.6 Å². The number of rotatable bonds is 6. The minimum Gasteiger partial charge on any atom is -0.378 e. The van der Waals surface area contributed by atoms with Crippen LogP contribution in [0.15, 0.2) is 53.4 Å². The first-order valence-electron chi connectivity index (χ1n) is 9.50. The van der Waals surface area contributed by atoms with Crippen molar-refractivity contribution in [2.24, 2.45) is 0 Å². The van der Waals surface area contributed by atoms with E-state index in [0.29, 0.717) is 38.4 Å². The fourth-order valence-electron chi connectivity index (χ4n) is 2.92. The molecule has 0 saturated carbocycles. The van der Waals surface area contributed by atoms with E-state index >= 15 is 0 Å². The van der Waals surface area contributed by atoms with Gasteiger partial charge in [0.2, 0.25) is 5.91 Å². The zero-order chi connectivity index (χ0) is 19.9.